The molecule has 1 heterocycles. The average molecular weight is 173 g/mol. The first-order valence-corrected chi connectivity index (χ1v) is 4.75. The number of nitrogens with two attached hydrogens (primary N) is 1. The zero-order chi connectivity index (χ0) is 8.11. The summed E-state index contributed by atoms with van der Waals surface area (Å²) in [5.74, 6) is 1.81. The summed E-state index contributed by atoms with van der Waals surface area (Å²) in [7, 11) is 1.40. The van der Waals surface area contributed by atoms with Crippen molar-refractivity contribution in [3.63, 3.8) is 0 Å². The van der Waals surface area contributed by atoms with Crippen LogP contribution in [0, 0.1) is 5.41 Å². The molecule has 0 aromatic carbocycles. The van der Waals surface area contributed by atoms with E-state index in [0.29, 0.717) is 0 Å². The first kappa shape index (κ1) is 7.43. The number of rotatable bonds is 1. The van der Waals surface area contributed by atoms with Gasteiger partial charge in [-0.3, -0.25) is 4.79 Å². The van der Waals surface area contributed by atoms with Gasteiger partial charge in [-0.1, -0.05) is 0 Å². The molecule has 3 nitrogen and oxygen atoms in total. The zero-order valence-corrected chi connectivity index (χ0v) is 7.24. The fourth-order valence-electron chi connectivity index (χ4n) is 1.67. The van der Waals surface area contributed by atoms with E-state index in [1.54, 1.807) is 0 Å². The first-order valence-electron chi connectivity index (χ1n) is 3.60. The number of ether oxygens (including phenoxy) is 1. The van der Waals surface area contributed by atoms with E-state index in [-0.39, 0.29) is 11.4 Å². The normalized spacial score (nSPS) is 38.0. The largest absolute Gasteiger partial charge is 0.468 e. The van der Waals surface area contributed by atoms with Crippen molar-refractivity contribution in [2.45, 2.75) is 12.0 Å². The van der Waals surface area contributed by atoms with Crippen LogP contribution in [-0.4, -0.2) is 30.1 Å². The van der Waals surface area contributed by atoms with E-state index in [9.17, 15) is 4.79 Å². The molecule has 0 aromatic heterocycles. The number of thioether (sulfide) groups is 1. The first-order chi connectivity index (χ1) is 5.15. The maximum Gasteiger partial charge on any atom is 0.326 e. The summed E-state index contributed by atoms with van der Waals surface area (Å²) >= 11 is 1.85. The molecule has 4 heteroatoms. The van der Waals surface area contributed by atoms with Crippen LogP contribution < -0.4 is 5.73 Å². The molecule has 2 fully saturated rings. The third kappa shape index (κ3) is 0.715. The monoisotopic (exact) mass is 173 g/mol. The van der Waals surface area contributed by atoms with Gasteiger partial charge in [-0.05, 0) is 6.42 Å². The fourth-order valence-corrected chi connectivity index (χ4v) is 3.08. The number of carbonyl (C=O) groups excluding carboxylic acids is 1. The molecular weight excluding hydrogens is 162 g/mol. The Kier molecular flexibility index (Phi) is 1.30. The van der Waals surface area contributed by atoms with Crippen molar-refractivity contribution in [3.05, 3.63) is 0 Å². The minimum absolute atomic E-state index is 0.116. The number of hydrogen-bond donors (Lipinski definition) is 1. The maximum absolute atomic E-state index is 11.1. The fraction of sp³-hybridized carbons (Fsp3) is 0.857. The molecule has 1 saturated heterocycles. The molecule has 0 bridgehead atoms. The van der Waals surface area contributed by atoms with E-state index in [2.05, 4.69) is 4.74 Å². The molecule has 1 atom stereocenters. The van der Waals surface area contributed by atoms with Gasteiger partial charge in [0.05, 0.1) is 7.11 Å². The minimum atomic E-state index is -0.632. The van der Waals surface area contributed by atoms with Crippen molar-refractivity contribution in [3.8, 4) is 0 Å². The Morgan fingerprint density at radius 1 is 1.64 bits per heavy atom. The molecule has 2 aliphatic rings. The Labute approximate surface area is 69.7 Å². The van der Waals surface area contributed by atoms with Crippen molar-refractivity contribution >= 4 is 17.7 Å². The minimum Gasteiger partial charge on any atom is -0.468 e. The van der Waals surface area contributed by atoms with Crippen LogP contribution in [0.1, 0.15) is 6.42 Å². The predicted octanol–water partition coefficient (Wildman–Crippen LogP) is -0.00620. The lowest BCUT2D eigenvalue weighted by atomic mass is 10.0. The lowest BCUT2D eigenvalue weighted by molar-refractivity contribution is -0.144. The second kappa shape index (κ2) is 1.93. The summed E-state index contributed by atoms with van der Waals surface area (Å²) in [4.78, 5) is 11.1. The van der Waals surface area contributed by atoms with Gasteiger partial charge in [0.2, 0.25) is 0 Å². The summed E-state index contributed by atoms with van der Waals surface area (Å²) in [6.45, 7) is 0. The second-order valence-electron chi connectivity index (χ2n) is 3.41. The Morgan fingerprint density at radius 2 is 2.27 bits per heavy atom. The molecule has 11 heavy (non-hydrogen) atoms. The average Bonchev–Trinajstić information content (AvgIpc) is 2.56. The molecule has 2 rings (SSSR count). The highest BCUT2D eigenvalue weighted by Crippen LogP contribution is 2.64. The van der Waals surface area contributed by atoms with E-state index in [4.69, 9.17) is 5.73 Å². The van der Waals surface area contributed by atoms with Crippen LogP contribution in [0.4, 0.5) is 0 Å². The SMILES string of the molecule is COC(=O)C1(N)CC12CSC2. The molecule has 0 amide bonds. The highest BCUT2D eigenvalue weighted by Gasteiger charge is 2.73. The summed E-state index contributed by atoms with van der Waals surface area (Å²) in [6.07, 6.45) is 0.819. The lowest BCUT2D eigenvalue weighted by Gasteiger charge is -2.28. The van der Waals surface area contributed by atoms with E-state index < -0.39 is 5.54 Å². The molecule has 1 aliphatic heterocycles. The van der Waals surface area contributed by atoms with E-state index >= 15 is 0 Å². The quantitative estimate of drug-likeness (QED) is 0.567. The standard InChI is InChI=1S/C7H11NO2S/c1-10-5(9)7(8)2-6(7)3-11-4-6/h2-4,8H2,1H3. The van der Waals surface area contributed by atoms with E-state index in [0.717, 1.165) is 17.9 Å². The van der Waals surface area contributed by atoms with Gasteiger partial charge in [0.15, 0.2) is 0 Å². The number of methoxy groups -OCH3 is 1. The Bertz CT molecular complexity index is 214. The van der Waals surface area contributed by atoms with Crippen molar-refractivity contribution in [2.24, 2.45) is 11.1 Å². The van der Waals surface area contributed by atoms with Crippen molar-refractivity contribution in [2.75, 3.05) is 18.6 Å². The molecule has 2 N–H and O–H groups in total. The van der Waals surface area contributed by atoms with E-state index in [1.807, 2.05) is 11.8 Å². The van der Waals surface area contributed by atoms with Gasteiger partial charge in [-0.2, -0.15) is 11.8 Å². The number of esters is 1. The molecule has 1 spiro atoms. The molecule has 62 valence electrons. The van der Waals surface area contributed by atoms with Gasteiger partial charge < -0.3 is 10.5 Å². The Hall–Kier alpha value is -0.220. The van der Waals surface area contributed by atoms with Crippen molar-refractivity contribution < 1.29 is 9.53 Å². The van der Waals surface area contributed by atoms with Crippen LogP contribution in [0.25, 0.3) is 0 Å². The van der Waals surface area contributed by atoms with E-state index in [1.165, 1.54) is 7.11 Å². The van der Waals surface area contributed by atoms with Gasteiger partial charge in [0.1, 0.15) is 5.54 Å². The second-order valence-corrected chi connectivity index (χ2v) is 4.40. The smallest absolute Gasteiger partial charge is 0.326 e. The third-order valence-corrected chi connectivity index (χ3v) is 4.26. The summed E-state index contributed by atoms with van der Waals surface area (Å²) in [5, 5.41) is 0. The van der Waals surface area contributed by atoms with Crippen LogP contribution in [0.3, 0.4) is 0 Å². The maximum atomic E-state index is 11.1. The lowest BCUT2D eigenvalue weighted by Crippen LogP contribution is -2.45. The summed E-state index contributed by atoms with van der Waals surface area (Å²) in [5.41, 5.74) is 5.34. The third-order valence-electron chi connectivity index (χ3n) is 2.74. The summed E-state index contributed by atoms with van der Waals surface area (Å²) < 4.78 is 4.64. The Morgan fingerprint density at radius 3 is 2.55 bits per heavy atom. The van der Waals surface area contributed by atoms with Crippen LogP contribution in [0.2, 0.25) is 0 Å². The van der Waals surface area contributed by atoms with Gasteiger partial charge >= 0.3 is 5.97 Å². The Balaban J connectivity index is 2.10. The predicted molar refractivity (Wildman–Crippen MR) is 43.3 cm³/mol. The molecule has 1 saturated carbocycles. The zero-order valence-electron chi connectivity index (χ0n) is 6.42. The van der Waals surface area contributed by atoms with Crippen LogP contribution in [0.15, 0.2) is 0 Å². The van der Waals surface area contributed by atoms with Gasteiger partial charge in [0, 0.05) is 16.9 Å². The number of hydrogen-bond acceptors (Lipinski definition) is 4. The van der Waals surface area contributed by atoms with Gasteiger partial charge in [-0.25, -0.2) is 0 Å². The molecule has 0 aromatic rings. The van der Waals surface area contributed by atoms with Crippen LogP contribution in [-0.2, 0) is 9.53 Å². The van der Waals surface area contributed by atoms with Crippen LogP contribution >= 0.6 is 11.8 Å². The highest BCUT2D eigenvalue weighted by atomic mass is 32.2. The van der Waals surface area contributed by atoms with Crippen LogP contribution in [0.5, 0.6) is 0 Å². The molecular formula is C7H11NO2S. The highest BCUT2D eigenvalue weighted by molar-refractivity contribution is 8.00. The van der Waals surface area contributed by atoms with Crippen molar-refractivity contribution in [1.29, 1.82) is 0 Å². The number of carbonyl (C=O) groups is 1. The van der Waals surface area contributed by atoms with Gasteiger partial charge in [-0.15, -0.1) is 0 Å². The summed E-state index contributed by atoms with van der Waals surface area (Å²) in [6, 6.07) is 0. The van der Waals surface area contributed by atoms with Crippen molar-refractivity contribution in [1.82, 2.24) is 0 Å². The topological polar surface area (TPSA) is 52.3 Å². The van der Waals surface area contributed by atoms with Gasteiger partial charge in [0.25, 0.3) is 0 Å². The molecule has 1 aliphatic carbocycles. The molecule has 0 radical (unpaired) electrons. The molecule has 1 unspecified atom stereocenters.